The van der Waals surface area contributed by atoms with E-state index in [0.717, 1.165) is 5.75 Å². The third-order valence-corrected chi connectivity index (χ3v) is 8.22. The highest BCUT2D eigenvalue weighted by Crippen LogP contribution is 2.54. The van der Waals surface area contributed by atoms with Crippen molar-refractivity contribution in [2.45, 2.75) is 44.9 Å². The lowest BCUT2D eigenvalue weighted by molar-refractivity contribution is -0.382. The second-order valence-corrected chi connectivity index (χ2v) is 11.7. The van der Waals surface area contributed by atoms with Crippen LogP contribution in [0, 0.1) is 0 Å². The molecule has 0 aliphatic carbocycles. The van der Waals surface area contributed by atoms with E-state index in [2.05, 4.69) is 60.7 Å². The van der Waals surface area contributed by atoms with E-state index in [-0.39, 0.29) is 23.5 Å². The zero-order chi connectivity index (χ0) is 32.7. The van der Waals surface area contributed by atoms with Crippen LogP contribution in [-0.4, -0.2) is 55.4 Å². The summed E-state index contributed by atoms with van der Waals surface area (Å²) in [4.78, 5) is 14.6. The van der Waals surface area contributed by atoms with Crippen molar-refractivity contribution >= 4 is 27.0 Å². The number of hydrogen-bond donors (Lipinski definition) is 0. The lowest BCUT2D eigenvalue weighted by Gasteiger charge is -2.34. The molecule has 3 aromatic rings. The zero-order valence-corrected chi connectivity index (χ0v) is 23.3. The monoisotopic (exact) mass is 664 g/mol. The molecule has 0 unspecified atom stereocenters. The minimum atomic E-state index is -7.43. The van der Waals surface area contributed by atoms with Crippen molar-refractivity contribution in [3.63, 3.8) is 0 Å². The van der Waals surface area contributed by atoms with Gasteiger partial charge in [-0.15, -0.1) is 0 Å². The van der Waals surface area contributed by atoms with Gasteiger partial charge in [0, 0.05) is 6.92 Å². The van der Waals surface area contributed by atoms with Crippen LogP contribution in [0.15, 0.2) is 99.6 Å². The maximum atomic E-state index is 12.2. The highest BCUT2D eigenvalue weighted by molar-refractivity contribution is 7.97. The van der Waals surface area contributed by atoms with Crippen molar-refractivity contribution < 1.29 is 66.8 Å². The van der Waals surface area contributed by atoms with Crippen molar-refractivity contribution in [3.05, 3.63) is 84.9 Å². The van der Waals surface area contributed by atoms with Crippen molar-refractivity contribution in [2.24, 2.45) is 0 Å². The average Bonchev–Trinajstić information content (AvgIpc) is 2.92. The molecule has 6 nitrogen and oxygen atoms in total. The predicted molar refractivity (Wildman–Crippen MR) is 134 cm³/mol. The molecule has 236 valence electrons. The molecular weight excluding hydrogens is 643 g/mol. The molecule has 0 saturated heterocycles. The van der Waals surface area contributed by atoms with Gasteiger partial charge in [-0.1, -0.05) is 36.4 Å². The van der Waals surface area contributed by atoms with E-state index in [1.54, 1.807) is 0 Å². The van der Waals surface area contributed by atoms with E-state index in [1.807, 2.05) is 24.3 Å². The van der Waals surface area contributed by atoms with Gasteiger partial charge in [0.15, 0.2) is 24.8 Å². The van der Waals surface area contributed by atoms with Gasteiger partial charge in [0.25, 0.3) is 0 Å². The Kier molecular flexibility index (Phi) is 11.6. The lowest BCUT2D eigenvalue weighted by Crippen LogP contribution is -2.63. The average molecular weight is 665 g/mol. The molecule has 0 heterocycles. The number of rotatable bonds is 10. The van der Waals surface area contributed by atoms with Gasteiger partial charge >= 0.3 is 29.2 Å². The Bertz CT molecular complexity index is 1400. The Labute approximate surface area is 242 Å². The first-order valence-electron chi connectivity index (χ1n) is 11.6. The highest BCUT2D eigenvalue weighted by atomic mass is 32.2. The first-order chi connectivity index (χ1) is 19.7. The van der Waals surface area contributed by atoms with E-state index in [4.69, 9.17) is 9.47 Å². The number of carbonyl (C=O) groups is 1. The number of esters is 1. The minimum Gasteiger partial charge on any atom is -0.743 e. The smallest absolute Gasteiger partial charge is 0.460 e. The molecule has 3 rings (SSSR count). The van der Waals surface area contributed by atoms with E-state index in [1.165, 1.54) is 21.6 Å². The maximum Gasteiger partial charge on any atom is 0.460 e. The van der Waals surface area contributed by atoms with Gasteiger partial charge in [-0.25, -0.2) is 8.42 Å². The molecule has 3 aromatic carbocycles. The Morgan fingerprint density at radius 3 is 1.49 bits per heavy atom. The number of halogens is 9. The molecule has 0 bridgehead atoms. The van der Waals surface area contributed by atoms with Crippen LogP contribution in [0.25, 0.3) is 0 Å². The summed E-state index contributed by atoms with van der Waals surface area (Å²) in [5, 5.41) is -7.11. The minimum absolute atomic E-state index is 0.161. The Hall–Kier alpha value is -3.44. The molecule has 0 aliphatic heterocycles. The van der Waals surface area contributed by atoms with Crippen LogP contribution >= 0.6 is 0 Å². The van der Waals surface area contributed by atoms with E-state index < -0.39 is 33.4 Å². The molecule has 0 radical (unpaired) electrons. The molecule has 0 spiro atoms. The Morgan fingerprint density at radius 2 is 1.12 bits per heavy atom. The SMILES string of the molecule is CC(=O)OCCOc1ccc([S+](c2ccccc2)c2ccccc2)cc1.O=S(=O)([O-])C(F)(F)C(F)(F)C(F)(F)C(F)(F)F. The third-order valence-electron chi connectivity index (χ3n) is 5.10. The van der Waals surface area contributed by atoms with E-state index in [9.17, 15) is 57.3 Å². The third kappa shape index (κ3) is 8.57. The quantitative estimate of drug-likeness (QED) is 0.0790. The predicted octanol–water partition coefficient (Wildman–Crippen LogP) is 6.68. The Morgan fingerprint density at radius 1 is 0.698 bits per heavy atom. The molecule has 17 heteroatoms. The largest absolute Gasteiger partial charge is 0.743 e. The number of ether oxygens (including phenoxy) is 2. The zero-order valence-electron chi connectivity index (χ0n) is 21.7. The molecule has 0 N–H and O–H groups in total. The van der Waals surface area contributed by atoms with Crippen molar-refractivity contribution in [2.75, 3.05) is 13.2 Å². The van der Waals surface area contributed by atoms with Crippen LogP contribution in [0.2, 0.25) is 0 Å². The first kappa shape index (κ1) is 35.8. The fraction of sp³-hybridized carbons (Fsp3) is 0.269. The number of alkyl halides is 9. The summed E-state index contributed by atoms with van der Waals surface area (Å²) < 4.78 is 146. The summed E-state index contributed by atoms with van der Waals surface area (Å²) in [6.07, 6.45) is -7.16. The fourth-order valence-corrected chi connectivity index (χ4v) is 5.58. The van der Waals surface area contributed by atoms with Gasteiger partial charge in [0.1, 0.15) is 19.0 Å². The summed E-state index contributed by atoms with van der Waals surface area (Å²) in [5.74, 6) is -14.3. The number of carbonyl (C=O) groups excluding carboxylic acids is 1. The maximum absolute atomic E-state index is 12.2. The standard InChI is InChI=1S/C22H21O3S.C4HF9O3S/c1-18(23)24-16-17-25-19-12-14-22(15-13-19)26(20-8-4-2-5-9-20)21-10-6-3-7-11-21;5-1(6,3(9,10)11)2(7,8)4(12,13)17(14,15)16/h2-15H,16-17H2,1H3;(H,14,15,16)/q+1;/p-1. The molecule has 0 saturated carbocycles. The van der Waals surface area contributed by atoms with Gasteiger partial charge in [-0.05, 0) is 48.5 Å². The summed E-state index contributed by atoms with van der Waals surface area (Å²) in [6.45, 7) is 2.00. The lowest BCUT2D eigenvalue weighted by atomic mass is 10.1. The van der Waals surface area contributed by atoms with Gasteiger partial charge < -0.3 is 14.0 Å². The van der Waals surface area contributed by atoms with Crippen LogP contribution in [0.3, 0.4) is 0 Å². The van der Waals surface area contributed by atoms with Gasteiger partial charge in [0.05, 0.1) is 10.9 Å². The van der Waals surface area contributed by atoms with E-state index in [0.29, 0.717) is 6.61 Å². The van der Waals surface area contributed by atoms with Gasteiger partial charge in [-0.3, -0.25) is 4.79 Å². The summed E-state index contributed by atoms with van der Waals surface area (Å²) in [6, 6.07) is 29.2. The van der Waals surface area contributed by atoms with Crippen LogP contribution in [0.5, 0.6) is 5.75 Å². The van der Waals surface area contributed by atoms with Crippen LogP contribution in [-0.2, 0) is 30.5 Å². The molecule has 0 atom stereocenters. The molecule has 43 heavy (non-hydrogen) atoms. The fourth-order valence-electron chi connectivity index (χ4n) is 3.06. The van der Waals surface area contributed by atoms with Gasteiger partial charge in [-0.2, -0.15) is 39.5 Å². The molecule has 0 aliphatic rings. The summed E-state index contributed by atoms with van der Waals surface area (Å²) >= 11 is 0. The topological polar surface area (TPSA) is 92.7 Å². The highest BCUT2D eigenvalue weighted by Gasteiger charge is 2.83. The number of hydrogen-bond acceptors (Lipinski definition) is 6. The number of benzene rings is 3. The first-order valence-corrected chi connectivity index (χ1v) is 14.2. The second kappa shape index (κ2) is 13.9. The van der Waals surface area contributed by atoms with Crippen molar-refractivity contribution in [1.82, 2.24) is 0 Å². The van der Waals surface area contributed by atoms with Crippen LogP contribution in [0.4, 0.5) is 39.5 Å². The van der Waals surface area contributed by atoms with Crippen molar-refractivity contribution in [3.8, 4) is 5.75 Å². The normalized spacial score (nSPS) is 12.7. The summed E-state index contributed by atoms with van der Waals surface area (Å²) in [5.41, 5.74) is 0. The Balaban J connectivity index is 0.000000332. The summed E-state index contributed by atoms with van der Waals surface area (Å²) in [7, 11) is -7.58. The molecule has 0 fully saturated rings. The van der Waals surface area contributed by atoms with Crippen molar-refractivity contribution in [1.29, 1.82) is 0 Å². The van der Waals surface area contributed by atoms with Crippen LogP contribution in [0.1, 0.15) is 6.92 Å². The molecule has 0 aromatic heterocycles. The second-order valence-electron chi connectivity index (χ2n) is 8.21. The van der Waals surface area contributed by atoms with Gasteiger partial charge in [0.2, 0.25) is 0 Å². The molecule has 0 amide bonds. The molecular formula is C26H21F9O6S2. The van der Waals surface area contributed by atoms with Crippen LogP contribution < -0.4 is 4.74 Å². The van der Waals surface area contributed by atoms with E-state index >= 15 is 0 Å².